The van der Waals surface area contributed by atoms with Crippen molar-refractivity contribution in [3.8, 4) is 11.5 Å². The number of carbonyl (C=O) groups is 2. The van der Waals surface area contributed by atoms with Crippen LogP contribution >= 0.6 is 0 Å². The quantitative estimate of drug-likeness (QED) is 0.663. The van der Waals surface area contributed by atoms with E-state index in [4.69, 9.17) is 9.47 Å². The second-order valence-electron chi connectivity index (χ2n) is 5.31. The predicted octanol–water partition coefficient (Wildman–Crippen LogP) is 1.97. The van der Waals surface area contributed by atoms with Crippen LogP contribution in [0.5, 0.6) is 11.5 Å². The highest BCUT2D eigenvalue weighted by Gasteiger charge is 2.17. The Bertz CT molecular complexity index is 591. The molecule has 0 atom stereocenters. The minimum absolute atomic E-state index is 0.0272. The molecule has 0 bridgehead atoms. The Labute approximate surface area is 135 Å². The molecule has 1 aromatic carbocycles. The largest absolute Gasteiger partial charge is 0.504 e. The lowest BCUT2D eigenvalue weighted by Crippen LogP contribution is -2.38. The molecule has 0 aromatic heterocycles. The lowest BCUT2D eigenvalue weighted by Gasteiger charge is -2.26. The maximum atomic E-state index is 11.9. The topological polar surface area (TPSA) is 76.1 Å². The Hall–Kier alpha value is -2.50. The van der Waals surface area contributed by atoms with E-state index in [9.17, 15) is 14.7 Å². The molecule has 1 aliphatic rings. The molecule has 23 heavy (non-hydrogen) atoms. The Kier molecular flexibility index (Phi) is 6.02. The van der Waals surface area contributed by atoms with Gasteiger partial charge >= 0.3 is 5.97 Å². The van der Waals surface area contributed by atoms with Crippen molar-refractivity contribution in [3.05, 3.63) is 29.8 Å². The van der Waals surface area contributed by atoms with Gasteiger partial charge in [0.15, 0.2) is 18.1 Å². The van der Waals surface area contributed by atoms with Crippen LogP contribution in [0, 0.1) is 0 Å². The molecule has 0 saturated carbocycles. The molecule has 0 aliphatic carbocycles. The van der Waals surface area contributed by atoms with Gasteiger partial charge in [0.05, 0.1) is 7.11 Å². The summed E-state index contributed by atoms with van der Waals surface area (Å²) < 4.78 is 9.95. The van der Waals surface area contributed by atoms with Gasteiger partial charge in [-0.3, -0.25) is 4.79 Å². The van der Waals surface area contributed by atoms with Gasteiger partial charge in [0.25, 0.3) is 5.91 Å². The number of phenols is 1. The van der Waals surface area contributed by atoms with Crippen LogP contribution in [-0.2, 0) is 14.3 Å². The maximum absolute atomic E-state index is 11.9. The average Bonchev–Trinajstić information content (AvgIpc) is 2.59. The average molecular weight is 319 g/mol. The molecule has 1 saturated heterocycles. The molecule has 1 heterocycles. The summed E-state index contributed by atoms with van der Waals surface area (Å²) in [4.78, 5) is 25.3. The molecule has 1 aliphatic heterocycles. The van der Waals surface area contributed by atoms with E-state index in [0.717, 1.165) is 32.4 Å². The summed E-state index contributed by atoms with van der Waals surface area (Å²) in [5.74, 6) is -0.389. The van der Waals surface area contributed by atoms with E-state index in [1.807, 2.05) is 0 Å². The van der Waals surface area contributed by atoms with E-state index in [-0.39, 0.29) is 18.3 Å². The first-order valence-corrected chi connectivity index (χ1v) is 7.60. The van der Waals surface area contributed by atoms with Crippen molar-refractivity contribution in [1.29, 1.82) is 0 Å². The molecule has 2 rings (SSSR count). The van der Waals surface area contributed by atoms with Gasteiger partial charge in [-0.1, -0.05) is 6.07 Å². The van der Waals surface area contributed by atoms with Crippen molar-refractivity contribution in [2.45, 2.75) is 19.3 Å². The zero-order valence-electron chi connectivity index (χ0n) is 13.2. The Balaban J connectivity index is 1.83. The maximum Gasteiger partial charge on any atom is 0.331 e. The van der Waals surface area contributed by atoms with E-state index >= 15 is 0 Å². The molecular weight excluding hydrogens is 298 g/mol. The number of aromatic hydroxyl groups is 1. The van der Waals surface area contributed by atoms with Crippen LogP contribution in [0.4, 0.5) is 0 Å². The summed E-state index contributed by atoms with van der Waals surface area (Å²) in [6, 6.07) is 4.71. The van der Waals surface area contributed by atoms with Crippen LogP contribution in [0.2, 0.25) is 0 Å². The number of benzene rings is 1. The van der Waals surface area contributed by atoms with Crippen molar-refractivity contribution in [3.63, 3.8) is 0 Å². The van der Waals surface area contributed by atoms with Crippen molar-refractivity contribution < 1.29 is 24.2 Å². The van der Waals surface area contributed by atoms with Gasteiger partial charge in [0, 0.05) is 19.2 Å². The lowest BCUT2D eigenvalue weighted by molar-refractivity contribution is -0.148. The number of hydrogen-bond donors (Lipinski definition) is 1. The van der Waals surface area contributed by atoms with Gasteiger partial charge in [-0.2, -0.15) is 0 Å². The first-order chi connectivity index (χ1) is 11.1. The molecule has 1 N–H and O–H groups in total. The smallest absolute Gasteiger partial charge is 0.331 e. The van der Waals surface area contributed by atoms with Crippen molar-refractivity contribution >= 4 is 18.0 Å². The Morgan fingerprint density at radius 1 is 1.26 bits per heavy atom. The third-order valence-corrected chi connectivity index (χ3v) is 3.66. The second-order valence-corrected chi connectivity index (χ2v) is 5.31. The number of ether oxygens (including phenoxy) is 2. The molecule has 1 aromatic rings. The van der Waals surface area contributed by atoms with Crippen molar-refractivity contribution in [1.82, 2.24) is 4.90 Å². The minimum atomic E-state index is -0.581. The van der Waals surface area contributed by atoms with Gasteiger partial charge in [0.1, 0.15) is 0 Å². The molecule has 1 fully saturated rings. The number of nitrogens with zero attached hydrogens (tertiary/aromatic N) is 1. The Morgan fingerprint density at radius 2 is 2.00 bits per heavy atom. The predicted molar refractivity (Wildman–Crippen MR) is 85.1 cm³/mol. The molecule has 1 amide bonds. The number of esters is 1. The summed E-state index contributed by atoms with van der Waals surface area (Å²) >= 11 is 0. The third-order valence-electron chi connectivity index (χ3n) is 3.66. The number of amides is 1. The number of hydrogen-bond acceptors (Lipinski definition) is 5. The first kappa shape index (κ1) is 16.9. The van der Waals surface area contributed by atoms with Gasteiger partial charge in [0.2, 0.25) is 0 Å². The molecule has 0 radical (unpaired) electrons. The monoisotopic (exact) mass is 319 g/mol. The summed E-state index contributed by atoms with van der Waals surface area (Å²) in [7, 11) is 1.45. The fourth-order valence-electron chi connectivity index (χ4n) is 2.38. The normalized spacial score (nSPS) is 14.7. The van der Waals surface area contributed by atoms with E-state index in [0.29, 0.717) is 11.3 Å². The molecule has 6 heteroatoms. The number of likely N-dealkylation sites (tertiary alicyclic amines) is 1. The fraction of sp³-hybridized carbons (Fsp3) is 0.412. The highest BCUT2D eigenvalue weighted by molar-refractivity contribution is 5.89. The number of rotatable bonds is 5. The van der Waals surface area contributed by atoms with Crippen molar-refractivity contribution in [2.24, 2.45) is 0 Å². The zero-order valence-corrected chi connectivity index (χ0v) is 13.2. The van der Waals surface area contributed by atoms with Gasteiger partial charge in [-0.25, -0.2) is 4.79 Å². The molecule has 124 valence electrons. The van der Waals surface area contributed by atoms with Crippen molar-refractivity contribution in [2.75, 3.05) is 26.8 Å². The minimum Gasteiger partial charge on any atom is -0.504 e. The SMILES string of the molecule is COc1cc(/C=C/C(=O)OCC(=O)N2CCCCC2)ccc1O. The second kappa shape index (κ2) is 8.22. The molecule has 0 unspecified atom stereocenters. The number of carbonyl (C=O) groups excluding carboxylic acids is 2. The van der Waals surface area contributed by atoms with Gasteiger partial charge in [-0.05, 0) is 43.0 Å². The van der Waals surface area contributed by atoms with E-state index in [1.165, 1.54) is 25.3 Å². The van der Waals surface area contributed by atoms with E-state index in [2.05, 4.69) is 0 Å². The number of phenolic OH excluding ortho intramolecular Hbond substituents is 1. The molecule has 0 spiro atoms. The Morgan fingerprint density at radius 3 is 2.70 bits per heavy atom. The fourth-order valence-corrected chi connectivity index (χ4v) is 2.38. The number of piperidine rings is 1. The van der Waals surface area contributed by atoms with Crippen LogP contribution in [0.25, 0.3) is 6.08 Å². The van der Waals surface area contributed by atoms with E-state index < -0.39 is 5.97 Å². The highest BCUT2D eigenvalue weighted by Crippen LogP contribution is 2.26. The standard InChI is InChI=1S/C17H21NO5/c1-22-15-11-13(5-7-14(15)19)6-8-17(21)23-12-16(20)18-9-3-2-4-10-18/h5-8,11,19H,2-4,9-10,12H2,1H3/b8-6+. The molecule has 6 nitrogen and oxygen atoms in total. The van der Waals surface area contributed by atoms with Crippen LogP contribution in [0.1, 0.15) is 24.8 Å². The van der Waals surface area contributed by atoms with Crippen LogP contribution in [0.15, 0.2) is 24.3 Å². The summed E-state index contributed by atoms with van der Waals surface area (Å²) in [6.45, 7) is 1.24. The third kappa shape index (κ3) is 5.02. The van der Waals surface area contributed by atoms with Crippen LogP contribution in [0.3, 0.4) is 0 Å². The molecular formula is C17H21NO5. The van der Waals surface area contributed by atoms with E-state index in [1.54, 1.807) is 17.0 Å². The lowest BCUT2D eigenvalue weighted by atomic mass is 10.1. The van der Waals surface area contributed by atoms with Gasteiger partial charge < -0.3 is 19.5 Å². The number of methoxy groups -OCH3 is 1. The van der Waals surface area contributed by atoms with Crippen LogP contribution in [-0.4, -0.2) is 48.7 Å². The summed E-state index contributed by atoms with van der Waals surface area (Å²) in [5, 5.41) is 9.50. The summed E-state index contributed by atoms with van der Waals surface area (Å²) in [5.41, 5.74) is 0.680. The highest BCUT2D eigenvalue weighted by atomic mass is 16.5. The zero-order chi connectivity index (χ0) is 16.7. The summed E-state index contributed by atoms with van der Waals surface area (Å²) in [6.07, 6.45) is 5.93. The first-order valence-electron chi connectivity index (χ1n) is 7.60. The van der Waals surface area contributed by atoms with Crippen LogP contribution < -0.4 is 4.74 Å². The van der Waals surface area contributed by atoms with Gasteiger partial charge in [-0.15, -0.1) is 0 Å².